The largest absolute Gasteiger partial charge is 0.487 e. The average molecular weight is 527 g/mol. The molecule has 2 aliphatic heterocycles. The van der Waals surface area contributed by atoms with E-state index in [-0.39, 0.29) is 30.1 Å². The summed E-state index contributed by atoms with van der Waals surface area (Å²) in [6, 6.07) is 14.6. The second-order valence-electron chi connectivity index (χ2n) is 12.5. The van der Waals surface area contributed by atoms with Crippen molar-refractivity contribution in [1.29, 1.82) is 0 Å². The Hall–Kier alpha value is -3.12. The van der Waals surface area contributed by atoms with Gasteiger partial charge in [-0.3, -0.25) is 14.5 Å². The van der Waals surface area contributed by atoms with Crippen LogP contribution in [0.3, 0.4) is 0 Å². The summed E-state index contributed by atoms with van der Waals surface area (Å²) in [5.74, 6) is 1.42. The summed E-state index contributed by atoms with van der Waals surface area (Å²) < 4.78 is 13.4. The van der Waals surface area contributed by atoms with Crippen molar-refractivity contribution in [3.05, 3.63) is 70.8 Å². The number of aryl methyl sites for hydroxylation is 1. The number of piperidine rings is 1. The molecule has 2 saturated carbocycles. The minimum Gasteiger partial charge on any atom is -0.487 e. The van der Waals surface area contributed by atoms with E-state index in [9.17, 15) is 9.59 Å². The van der Waals surface area contributed by atoms with Gasteiger partial charge in [0.2, 0.25) is 5.91 Å². The van der Waals surface area contributed by atoms with E-state index >= 15 is 0 Å². The van der Waals surface area contributed by atoms with Crippen LogP contribution in [0, 0.1) is 12.8 Å². The molecule has 204 valence electrons. The molecule has 3 aliphatic carbocycles. The number of benzene rings is 2. The number of rotatable bonds is 6. The Morgan fingerprint density at radius 3 is 2.74 bits per heavy atom. The third-order valence-corrected chi connectivity index (χ3v) is 10.2. The molecule has 2 bridgehead atoms. The van der Waals surface area contributed by atoms with Gasteiger partial charge in [0.25, 0.3) is 0 Å². The number of hydrogen-bond acceptors (Lipinski definition) is 5. The summed E-state index contributed by atoms with van der Waals surface area (Å²) in [7, 11) is 1.90. The summed E-state index contributed by atoms with van der Waals surface area (Å²) >= 11 is 0. The van der Waals surface area contributed by atoms with Gasteiger partial charge in [-0.15, -0.1) is 0 Å². The Labute approximate surface area is 231 Å². The molecule has 0 N–H and O–H groups in total. The number of nitrogens with zero attached hydrogens (tertiary/aromatic N) is 2. The van der Waals surface area contributed by atoms with Crippen LogP contribution < -0.4 is 4.74 Å². The van der Waals surface area contributed by atoms with Crippen molar-refractivity contribution in [2.75, 3.05) is 20.1 Å². The number of carbonyl (C=O) groups is 2. The Morgan fingerprint density at radius 1 is 1.15 bits per heavy atom. The SMILES string of the molecule is CC(=O)O[C@@]12CC[C@H](N(C)C(=O)C=Cc3cccc(C)c3)[C@@H]3Oc4cccc5c4[C@@]31CCN(CC1CC1)[C@@H]2C5. The van der Waals surface area contributed by atoms with Gasteiger partial charge in [-0.2, -0.15) is 0 Å². The zero-order valence-electron chi connectivity index (χ0n) is 23.2. The van der Waals surface area contributed by atoms with Crippen molar-refractivity contribution in [1.82, 2.24) is 9.80 Å². The number of likely N-dealkylation sites (N-methyl/N-ethyl adjacent to an activating group) is 1. The lowest BCUT2D eigenvalue weighted by molar-refractivity contribution is -0.223. The van der Waals surface area contributed by atoms with Gasteiger partial charge >= 0.3 is 5.97 Å². The highest BCUT2D eigenvalue weighted by Gasteiger charge is 2.75. The molecule has 6 nitrogen and oxygen atoms in total. The second-order valence-corrected chi connectivity index (χ2v) is 12.5. The first-order chi connectivity index (χ1) is 18.8. The highest BCUT2D eigenvalue weighted by Crippen LogP contribution is 2.66. The molecule has 0 aromatic heterocycles. The fourth-order valence-corrected chi connectivity index (χ4v) is 8.48. The van der Waals surface area contributed by atoms with Gasteiger partial charge in [-0.25, -0.2) is 0 Å². The first kappa shape index (κ1) is 24.9. The van der Waals surface area contributed by atoms with Gasteiger partial charge in [0.05, 0.1) is 17.5 Å². The molecular formula is C33H38N2O4. The van der Waals surface area contributed by atoms with E-state index in [0.717, 1.165) is 56.0 Å². The molecule has 1 spiro atoms. The van der Waals surface area contributed by atoms with Crippen molar-refractivity contribution in [2.45, 2.75) is 81.6 Å². The van der Waals surface area contributed by atoms with E-state index < -0.39 is 11.0 Å². The standard InChI is InChI=1S/C33H38N2O4/c1-21-6-4-7-23(18-21)12-13-29(37)34(3)26-14-15-33(39-22(2)36)28-19-25-8-5-9-27-30(25)32(33,31(26)38-27)16-17-35(28)20-24-10-11-24/h4-9,12-13,18,24,26,28,31H,10-11,14-17,19-20H2,1-3H3/t26-,28+,31-,32-,33+/m0/s1. The monoisotopic (exact) mass is 526 g/mol. The predicted molar refractivity (Wildman–Crippen MR) is 149 cm³/mol. The number of amides is 1. The van der Waals surface area contributed by atoms with E-state index in [1.54, 1.807) is 13.0 Å². The summed E-state index contributed by atoms with van der Waals surface area (Å²) in [5.41, 5.74) is 3.63. The molecule has 0 radical (unpaired) electrons. The number of likely N-dealkylation sites (tertiary alicyclic amines) is 1. The van der Waals surface area contributed by atoms with Gasteiger partial charge in [0.15, 0.2) is 0 Å². The molecule has 39 heavy (non-hydrogen) atoms. The van der Waals surface area contributed by atoms with E-state index in [2.05, 4.69) is 42.2 Å². The lowest BCUT2D eigenvalue weighted by Crippen LogP contribution is -2.79. The zero-order valence-corrected chi connectivity index (χ0v) is 23.2. The van der Waals surface area contributed by atoms with Gasteiger partial charge in [0, 0.05) is 32.2 Å². The van der Waals surface area contributed by atoms with Gasteiger partial charge in [-0.1, -0.05) is 42.0 Å². The van der Waals surface area contributed by atoms with Crippen molar-refractivity contribution >= 4 is 18.0 Å². The van der Waals surface area contributed by atoms with Gasteiger partial charge in [0.1, 0.15) is 17.5 Å². The van der Waals surface area contributed by atoms with Crippen molar-refractivity contribution < 1.29 is 19.1 Å². The van der Waals surface area contributed by atoms with Crippen LogP contribution in [-0.2, 0) is 26.2 Å². The van der Waals surface area contributed by atoms with Crippen LogP contribution in [0.1, 0.15) is 61.3 Å². The van der Waals surface area contributed by atoms with Crippen LogP contribution in [0.4, 0.5) is 0 Å². The molecule has 6 heteroatoms. The highest BCUT2D eigenvalue weighted by atomic mass is 16.6. The lowest BCUT2D eigenvalue weighted by Gasteiger charge is -2.65. The molecule has 2 aromatic rings. The second kappa shape index (κ2) is 8.95. The third-order valence-electron chi connectivity index (χ3n) is 10.2. The van der Waals surface area contributed by atoms with E-state index in [4.69, 9.17) is 9.47 Å². The topological polar surface area (TPSA) is 59.1 Å². The third kappa shape index (κ3) is 3.71. The molecule has 2 heterocycles. The van der Waals surface area contributed by atoms with Crippen LogP contribution in [0.5, 0.6) is 5.75 Å². The normalized spacial score (nSPS) is 32.4. The fourth-order valence-electron chi connectivity index (χ4n) is 8.48. The minimum absolute atomic E-state index is 0.0313. The first-order valence-corrected chi connectivity index (χ1v) is 14.6. The van der Waals surface area contributed by atoms with Gasteiger partial charge < -0.3 is 14.4 Å². The Balaban J connectivity index is 1.27. The Morgan fingerprint density at radius 2 is 1.97 bits per heavy atom. The van der Waals surface area contributed by atoms with Crippen molar-refractivity contribution in [3.63, 3.8) is 0 Å². The van der Waals surface area contributed by atoms with Crippen molar-refractivity contribution in [3.8, 4) is 5.75 Å². The lowest BCUT2D eigenvalue weighted by atomic mass is 9.48. The number of carbonyl (C=O) groups excluding carboxylic acids is 2. The molecule has 5 aliphatic rings. The van der Waals surface area contributed by atoms with Crippen LogP contribution in [0.25, 0.3) is 6.08 Å². The summed E-state index contributed by atoms with van der Waals surface area (Å²) in [6.07, 6.45) is 9.12. The smallest absolute Gasteiger partial charge is 0.303 e. The quantitative estimate of drug-likeness (QED) is 0.405. The van der Waals surface area contributed by atoms with E-state index in [1.165, 1.54) is 29.5 Å². The first-order valence-electron chi connectivity index (χ1n) is 14.6. The van der Waals surface area contributed by atoms with E-state index in [1.807, 2.05) is 30.2 Å². The Kier molecular flexibility index (Phi) is 5.71. The molecule has 2 aromatic carbocycles. The minimum atomic E-state index is -0.645. The average Bonchev–Trinajstić information content (AvgIpc) is 3.66. The number of ether oxygens (including phenoxy) is 2. The van der Waals surface area contributed by atoms with Crippen LogP contribution in [0.15, 0.2) is 48.5 Å². The fraction of sp³-hybridized carbons (Fsp3) is 0.515. The number of esters is 1. The maximum Gasteiger partial charge on any atom is 0.303 e. The van der Waals surface area contributed by atoms with E-state index in [0.29, 0.717) is 0 Å². The molecular weight excluding hydrogens is 488 g/mol. The maximum atomic E-state index is 13.5. The van der Waals surface area contributed by atoms with Crippen LogP contribution >= 0.6 is 0 Å². The summed E-state index contributed by atoms with van der Waals surface area (Å²) in [6.45, 7) is 5.65. The maximum absolute atomic E-state index is 13.5. The zero-order chi connectivity index (χ0) is 26.9. The molecule has 5 atom stereocenters. The molecule has 3 fully saturated rings. The Bertz CT molecular complexity index is 1370. The molecule has 7 rings (SSSR count). The molecule has 1 saturated heterocycles. The highest BCUT2D eigenvalue weighted by molar-refractivity contribution is 5.92. The number of hydrogen-bond donors (Lipinski definition) is 0. The summed E-state index contributed by atoms with van der Waals surface area (Å²) in [5, 5.41) is 0. The predicted octanol–water partition coefficient (Wildman–Crippen LogP) is 4.67. The van der Waals surface area contributed by atoms with Crippen molar-refractivity contribution in [2.24, 2.45) is 5.92 Å². The molecule has 0 unspecified atom stereocenters. The van der Waals surface area contributed by atoms with Crippen LogP contribution in [-0.4, -0.2) is 65.6 Å². The molecule has 1 amide bonds. The van der Waals surface area contributed by atoms with Crippen LogP contribution in [0.2, 0.25) is 0 Å². The summed E-state index contributed by atoms with van der Waals surface area (Å²) in [4.78, 5) is 30.8. The van der Waals surface area contributed by atoms with Gasteiger partial charge in [-0.05, 0) is 81.2 Å².